The summed E-state index contributed by atoms with van der Waals surface area (Å²) in [6.45, 7) is 1.45. The number of carbonyl (C=O) groups is 1. The number of unbranched alkanes of at least 4 members (excludes halogenated alkanes) is 3. The van der Waals surface area contributed by atoms with Crippen LogP contribution in [0.5, 0.6) is 0 Å². The van der Waals surface area contributed by atoms with Gasteiger partial charge in [-0.05, 0) is 39.3 Å². The first-order valence-electron chi connectivity index (χ1n) is 13.9. The molecule has 0 aromatic carbocycles. The van der Waals surface area contributed by atoms with Crippen LogP contribution in [0.4, 0.5) is 0 Å². The summed E-state index contributed by atoms with van der Waals surface area (Å²) in [5.74, 6) is 0. The fourth-order valence-electron chi connectivity index (χ4n) is 4.77. The fourth-order valence-corrected chi connectivity index (χ4v) is 4.77. The van der Waals surface area contributed by atoms with Crippen molar-refractivity contribution in [2.75, 3.05) is 26.7 Å². The number of nitrogens with zero attached hydrogens (tertiary/aromatic N) is 2. The molecule has 1 saturated heterocycles. The Kier molecular flexibility index (Phi) is 15.9. The number of aromatic nitrogens is 2. The van der Waals surface area contributed by atoms with E-state index in [0.29, 0.717) is 25.9 Å². The van der Waals surface area contributed by atoms with Crippen LogP contribution in [-0.4, -0.2) is 114 Å². The zero-order valence-electron chi connectivity index (χ0n) is 23.2. The van der Waals surface area contributed by atoms with Gasteiger partial charge in [0, 0.05) is 37.5 Å². The molecule has 10 atom stereocenters. The monoisotopic (exact) mass is 572 g/mol. The number of aliphatic hydroxyl groups excluding tert-OH is 2. The molecule has 15 heteroatoms. The van der Waals surface area contributed by atoms with Crippen LogP contribution in [0.2, 0.25) is 0 Å². The largest absolute Gasteiger partial charge is 0.390 e. The smallest absolute Gasteiger partial charge is 0.175 e. The SMILES string of the molecule is CNCCCCCCOC1C(O)CCC(N)C1OC1OC(CN)C(O)C(N=O)C1N.NC(C=O)Cc1cnc[nH]1. The molecule has 40 heavy (non-hydrogen) atoms. The van der Waals surface area contributed by atoms with Crippen LogP contribution in [0.15, 0.2) is 17.7 Å². The molecule has 1 aliphatic carbocycles. The zero-order valence-corrected chi connectivity index (χ0v) is 23.2. The topological polar surface area (TPSA) is 259 Å². The van der Waals surface area contributed by atoms with Crippen LogP contribution >= 0.6 is 0 Å². The van der Waals surface area contributed by atoms with Gasteiger partial charge in [-0.2, -0.15) is 4.91 Å². The highest BCUT2D eigenvalue weighted by Gasteiger charge is 2.48. The van der Waals surface area contributed by atoms with Gasteiger partial charge < -0.3 is 62.5 Å². The van der Waals surface area contributed by atoms with Gasteiger partial charge in [0.2, 0.25) is 0 Å². The molecule has 0 radical (unpaired) electrons. The molecule has 230 valence electrons. The molecule has 12 N–H and O–H groups in total. The summed E-state index contributed by atoms with van der Waals surface area (Å²) in [7, 11) is 1.93. The molecular weight excluding hydrogens is 524 g/mol. The van der Waals surface area contributed by atoms with Gasteiger partial charge in [-0.1, -0.05) is 18.0 Å². The highest BCUT2D eigenvalue weighted by atomic mass is 16.7. The van der Waals surface area contributed by atoms with Crippen molar-refractivity contribution in [1.82, 2.24) is 15.3 Å². The Morgan fingerprint density at radius 3 is 2.62 bits per heavy atom. The van der Waals surface area contributed by atoms with Gasteiger partial charge in [-0.25, -0.2) is 4.98 Å². The molecule has 15 nitrogen and oxygen atoms in total. The number of nitrogens with one attached hydrogen (secondary N) is 2. The lowest BCUT2D eigenvalue weighted by Gasteiger charge is -2.45. The number of nitroso groups, excluding NO2 is 1. The van der Waals surface area contributed by atoms with E-state index in [1.165, 1.54) is 0 Å². The Hall–Kier alpha value is -1.92. The molecule has 2 fully saturated rings. The van der Waals surface area contributed by atoms with Crippen molar-refractivity contribution in [1.29, 1.82) is 0 Å². The number of rotatable bonds is 15. The number of aldehydes is 1. The van der Waals surface area contributed by atoms with Crippen LogP contribution in [0.25, 0.3) is 0 Å². The van der Waals surface area contributed by atoms with Gasteiger partial charge >= 0.3 is 0 Å². The van der Waals surface area contributed by atoms with Crippen molar-refractivity contribution in [3.8, 4) is 0 Å². The normalized spacial score (nSPS) is 33.0. The molecule has 1 aromatic rings. The molecule has 2 heterocycles. The lowest BCUT2D eigenvalue weighted by atomic mass is 9.87. The van der Waals surface area contributed by atoms with Crippen molar-refractivity contribution in [3.05, 3.63) is 23.1 Å². The fraction of sp³-hybridized carbons (Fsp3) is 0.840. The van der Waals surface area contributed by atoms with E-state index in [1.807, 2.05) is 7.05 Å². The average molecular weight is 573 g/mol. The summed E-state index contributed by atoms with van der Waals surface area (Å²) in [5, 5.41) is 26.7. The minimum Gasteiger partial charge on any atom is -0.390 e. The third-order valence-corrected chi connectivity index (χ3v) is 7.13. The van der Waals surface area contributed by atoms with E-state index in [4.69, 9.17) is 37.1 Å². The summed E-state index contributed by atoms with van der Waals surface area (Å²) < 4.78 is 17.7. The molecule has 0 bridgehead atoms. The van der Waals surface area contributed by atoms with Gasteiger partial charge in [-0.3, -0.25) is 0 Å². The summed E-state index contributed by atoms with van der Waals surface area (Å²) in [6.07, 6.45) is 4.53. The molecule has 0 amide bonds. The predicted octanol–water partition coefficient (Wildman–Crippen LogP) is -2.00. The second-order valence-electron chi connectivity index (χ2n) is 10.3. The number of aliphatic hydroxyl groups is 2. The Morgan fingerprint density at radius 1 is 1.25 bits per heavy atom. The summed E-state index contributed by atoms with van der Waals surface area (Å²) in [4.78, 5) is 27.9. The molecule has 10 unspecified atom stereocenters. The van der Waals surface area contributed by atoms with Crippen LogP contribution < -0.4 is 28.3 Å². The lowest BCUT2D eigenvalue weighted by molar-refractivity contribution is -0.274. The van der Waals surface area contributed by atoms with Gasteiger partial charge in [-0.15, -0.1) is 0 Å². The highest BCUT2D eigenvalue weighted by Crippen LogP contribution is 2.29. The number of hydrogen-bond acceptors (Lipinski definition) is 14. The first-order valence-corrected chi connectivity index (χ1v) is 13.9. The van der Waals surface area contributed by atoms with Crippen molar-refractivity contribution in [3.63, 3.8) is 0 Å². The van der Waals surface area contributed by atoms with E-state index in [9.17, 15) is 19.9 Å². The van der Waals surface area contributed by atoms with Crippen molar-refractivity contribution in [2.24, 2.45) is 28.1 Å². The second kappa shape index (κ2) is 18.5. The Balaban J connectivity index is 0.000000469. The maximum absolute atomic E-state index is 11.2. The van der Waals surface area contributed by atoms with E-state index in [2.05, 4.69) is 20.5 Å². The molecule has 1 aliphatic heterocycles. The van der Waals surface area contributed by atoms with Crippen LogP contribution in [-0.2, 0) is 25.4 Å². The predicted molar refractivity (Wildman–Crippen MR) is 148 cm³/mol. The van der Waals surface area contributed by atoms with E-state index in [0.717, 1.165) is 44.2 Å². The van der Waals surface area contributed by atoms with Gasteiger partial charge in [0.25, 0.3) is 0 Å². The van der Waals surface area contributed by atoms with Crippen LogP contribution in [0.3, 0.4) is 0 Å². The maximum atomic E-state index is 11.2. The first-order chi connectivity index (χ1) is 19.3. The van der Waals surface area contributed by atoms with E-state index in [-0.39, 0.29) is 6.54 Å². The molecule has 1 aromatic heterocycles. The summed E-state index contributed by atoms with van der Waals surface area (Å²) in [6, 6.07) is -2.91. The van der Waals surface area contributed by atoms with Gasteiger partial charge in [0.1, 0.15) is 36.7 Å². The Labute approximate surface area is 235 Å². The number of imidazole rings is 1. The highest BCUT2D eigenvalue weighted by molar-refractivity contribution is 5.57. The maximum Gasteiger partial charge on any atom is 0.175 e. The average Bonchev–Trinajstić information content (AvgIpc) is 3.46. The van der Waals surface area contributed by atoms with Gasteiger partial charge in [0.05, 0.1) is 24.5 Å². The number of ether oxygens (including phenoxy) is 3. The molecule has 0 spiro atoms. The third-order valence-electron chi connectivity index (χ3n) is 7.13. The zero-order chi connectivity index (χ0) is 29.5. The standard InChI is InChI=1S/C19H39N5O6.C6H9N3O/c1-23-8-4-2-3-5-9-28-18-12(25)7-6-11(21)17(18)30-19-14(22)15(24-27)16(26)13(10-20)29-19;7-5(3-10)1-6-2-8-4-9-6/h11-19,23,25-26H,2-10,20-22H2,1H3;2-5H,1,7H2,(H,8,9). The van der Waals surface area contributed by atoms with Crippen molar-refractivity contribution in [2.45, 2.75) is 106 Å². The number of H-pyrrole nitrogens is 1. The lowest BCUT2D eigenvalue weighted by Crippen LogP contribution is -2.65. The second-order valence-corrected chi connectivity index (χ2v) is 10.3. The molecule has 2 aliphatic rings. The first kappa shape index (κ1) is 34.3. The van der Waals surface area contributed by atoms with Crippen molar-refractivity contribution >= 4 is 6.29 Å². The molecule has 1 saturated carbocycles. The molecule has 3 rings (SSSR count). The summed E-state index contributed by atoms with van der Waals surface area (Å²) >= 11 is 0. The quantitative estimate of drug-likeness (QED) is 0.0643. The molecular formula is C25H48N8O7. The third kappa shape index (κ3) is 10.5. The minimum absolute atomic E-state index is 0.0212. The van der Waals surface area contributed by atoms with Crippen molar-refractivity contribution < 1.29 is 29.2 Å². The number of hydrogen-bond donors (Lipinski definition) is 8. The Morgan fingerprint density at radius 2 is 2.00 bits per heavy atom. The van der Waals surface area contributed by atoms with E-state index in [1.54, 1.807) is 12.5 Å². The van der Waals surface area contributed by atoms with E-state index < -0.39 is 61.0 Å². The number of nitrogens with two attached hydrogens (primary N) is 4. The minimum atomic E-state index is -1.21. The summed E-state index contributed by atoms with van der Waals surface area (Å²) in [5.41, 5.74) is 24.2. The number of aromatic amines is 1. The number of carbonyl (C=O) groups excluding carboxylic acids is 1. The van der Waals surface area contributed by atoms with E-state index >= 15 is 0 Å². The van der Waals surface area contributed by atoms with Crippen LogP contribution in [0.1, 0.15) is 44.2 Å². The van der Waals surface area contributed by atoms with Gasteiger partial charge in [0.15, 0.2) is 6.29 Å². The Bertz CT molecular complexity index is 823. The van der Waals surface area contributed by atoms with Crippen LogP contribution in [0, 0.1) is 4.91 Å².